The van der Waals surface area contributed by atoms with Gasteiger partial charge in [-0.2, -0.15) is 0 Å². The third kappa shape index (κ3) is 1.78. The maximum absolute atomic E-state index is 6.18. The number of ether oxygens (including phenoxy) is 1. The van der Waals surface area contributed by atoms with Crippen LogP contribution in [0, 0.1) is 5.92 Å². The molecule has 86 valence electrons. The van der Waals surface area contributed by atoms with Crippen molar-refractivity contribution in [2.75, 3.05) is 7.11 Å². The van der Waals surface area contributed by atoms with E-state index in [0.717, 1.165) is 22.2 Å². The third-order valence-electron chi connectivity index (χ3n) is 3.00. The fourth-order valence-electron chi connectivity index (χ4n) is 1.88. The SMILES string of the molecule is COc1ccc2[nH]cc(C(N)C(C)C)c2c1. The van der Waals surface area contributed by atoms with Gasteiger partial charge in [0.15, 0.2) is 0 Å². The van der Waals surface area contributed by atoms with E-state index in [1.54, 1.807) is 7.11 Å². The zero-order valence-electron chi connectivity index (χ0n) is 9.95. The quantitative estimate of drug-likeness (QED) is 0.832. The molecule has 0 aliphatic carbocycles. The van der Waals surface area contributed by atoms with Crippen LogP contribution in [0.25, 0.3) is 10.9 Å². The van der Waals surface area contributed by atoms with Crippen molar-refractivity contribution in [3.05, 3.63) is 30.0 Å². The number of nitrogens with one attached hydrogen (secondary N) is 1. The van der Waals surface area contributed by atoms with Crippen LogP contribution in [0.4, 0.5) is 0 Å². The summed E-state index contributed by atoms with van der Waals surface area (Å²) >= 11 is 0. The lowest BCUT2D eigenvalue weighted by molar-refractivity contribution is 0.415. The minimum absolute atomic E-state index is 0.0563. The van der Waals surface area contributed by atoms with Crippen molar-refractivity contribution in [3.63, 3.8) is 0 Å². The maximum Gasteiger partial charge on any atom is 0.119 e. The number of aromatic nitrogens is 1. The molecule has 0 amide bonds. The first-order valence-corrected chi connectivity index (χ1v) is 5.54. The number of hydrogen-bond acceptors (Lipinski definition) is 2. The molecule has 0 saturated heterocycles. The lowest BCUT2D eigenvalue weighted by Crippen LogP contribution is -2.16. The highest BCUT2D eigenvalue weighted by atomic mass is 16.5. The maximum atomic E-state index is 6.18. The highest BCUT2D eigenvalue weighted by molar-refractivity contribution is 5.85. The Morgan fingerprint density at radius 3 is 2.69 bits per heavy atom. The molecule has 1 heterocycles. The molecule has 1 unspecified atom stereocenters. The van der Waals surface area contributed by atoms with E-state index in [1.807, 2.05) is 24.4 Å². The van der Waals surface area contributed by atoms with Crippen molar-refractivity contribution >= 4 is 10.9 Å². The van der Waals surface area contributed by atoms with Gasteiger partial charge in [-0.05, 0) is 29.7 Å². The van der Waals surface area contributed by atoms with Gasteiger partial charge in [0, 0.05) is 23.1 Å². The summed E-state index contributed by atoms with van der Waals surface area (Å²) in [5.74, 6) is 1.29. The van der Waals surface area contributed by atoms with Gasteiger partial charge < -0.3 is 15.5 Å². The highest BCUT2D eigenvalue weighted by Crippen LogP contribution is 2.29. The van der Waals surface area contributed by atoms with Crippen LogP contribution in [-0.4, -0.2) is 12.1 Å². The van der Waals surface area contributed by atoms with E-state index in [9.17, 15) is 0 Å². The first kappa shape index (κ1) is 11.0. The summed E-state index contributed by atoms with van der Waals surface area (Å²) < 4.78 is 5.23. The predicted octanol–water partition coefficient (Wildman–Crippen LogP) is 2.83. The molecule has 3 heteroatoms. The van der Waals surface area contributed by atoms with E-state index in [-0.39, 0.29) is 6.04 Å². The van der Waals surface area contributed by atoms with Gasteiger partial charge in [-0.1, -0.05) is 13.8 Å². The third-order valence-corrected chi connectivity index (χ3v) is 3.00. The molecule has 0 radical (unpaired) electrons. The molecule has 3 N–H and O–H groups in total. The van der Waals surface area contributed by atoms with E-state index >= 15 is 0 Å². The molecule has 0 aliphatic heterocycles. The summed E-state index contributed by atoms with van der Waals surface area (Å²) in [7, 11) is 1.68. The lowest BCUT2D eigenvalue weighted by Gasteiger charge is -2.14. The van der Waals surface area contributed by atoms with E-state index in [1.165, 1.54) is 0 Å². The van der Waals surface area contributed by atoms with Crippen molar-refractivity contribution in [1.29, 1.82) is 0 Å². The van der Waals surface area contributed by atoms with Crippen molar-refractivity contribution in [1.82, 2.24) is 4.98 Å². The minimum atomic E-state index is 0.0563. The van der Waals surface area contributed by atoms with Crippen LogP contribution in [0.15, 0.2) is 24.4 Å². The molecule has 3 nitrogen and oxygen atoms in total. The van der Waals surface area contributed by atoms with Gasteiger partial charge in [0.25, 0.3) is 0 Å². The first-order chi connectivity index (χ1) is 7.63. The largest absolute Gasteiger partial charge is 0.497 e. The summed E-state index contributed by atoms with van der Waals surface area (Å²) in [4.78, 5) is 3.24. The second-order valence-electron chi connectivity index (χ2n) is 4.43. The summed E-state index contributed by atoms with van der Waals surface area (Å²) in [5.41, 5.74) is 8.44. The Balaban J connectivity index is 2.53. The Hall–Kier alpha value is -1.48. The van der Waals surface area contributed by atoms with Gasteiger partial charge in [0.1, 0.15) is 5.75 Å². The van der Waals surface area contributed by atoms with E-state index < -0.39 is 0 Å². The number of aromatic amines is 1. The average Bonchev–Trinajstić information content (AvgIpc) is 2.70. The molecular weight excluding hydrogens is 200 g/mol. The smallest absolute Gasteiger partial charge is 0.119 e. The van der Waals surface area contributed by atoms with Crippen LogP contribution >= 0.6 is 0 Å². The first-order valence-electron chi connectivity index (χ1n) is 5.54. The molecule has 0 spiro atoms. The summed E-state index contributed by atoms with van der Waals surface area (Å²) in [6.45, 7) is 4.26. The number of hydrogen-bond donors (Lipinski definition) is 2. The van der Waals surface area contributed by atoms with Gasteiger partial charge in [-0.15, -0.1) is 0 Å². The lowest BCUT2D eigenvalue weighted by atomic mass is 9.97. The minimum Gasteiger partial charge on any atom is -0.497 e. The molecule has 2 aromatic rings. The van der Waals surface area contributed by atoms with Crippen LogP contribution < -0.4 is 10.5 Å². The molecule has 1 aromatic heterocycles. The molecule has 0 saturated carbocycles. The topological polar surface area (TPSA) is 51.0 Å². The van der Waals surface area contributed by atoms with E-state index in [4.69, 9.17) is 10.5 Å². The van der Waals surface area contributed by atoms with Crippen molar-refractivity contribution in [3.8, 4) is 5.75 Å². The number of nitrogens with two attached hydrogens (primary N) is 1. The molecular formula is C13H18N2O. The van der Waals surface area contributed by atoms with Gasteiger partial charge in [0.2, 0.25) is 0 Å². The molecule has 2 rings (SSSR count). The Labute approximate surface area is 95.6 Å². The highest BCUT2D eigenvalue weighted by Gasteiger charge is 2.15. The van der Waals surface area contributed by atoms with Crippen molar-refractivity contribution < 1.29 is 4.74 Å². The summed E-state index contributed by atoms with van der Waals surface area (Å²) in [6.07, 6.45) is 1.99. The van der Waals surface area contributed by atoms with E-state index in [2.05, 4.69) is 18.8 Å². The zero-order chi connectivity index (χ0) is 11.7. The normalized spacial score (nSPS) is 13.3. The van der Waals surface area contributed by atoms with Crippen molar-refractivity contribution in [2.45, 2.75) is 19.9 Å². The Kier molecular flexibility index (Phi) is 2.88. The molecule has 0 fully saturated rings. The second-order valence-corrected chi connectivity index (χ2v) is 4.43. The van der Waals surface area contributed by atoms with Gasteiger partial charge >= 0.3 is 0 Å². The monoisotopic (exact) mass is 218 g/mol. The Bertz CT molecular complexity index is 488. The molecule has 0 bridgehead atoms. The molecule has 0 aliphatic rings. The van der Waals surface area contributed by atoms with Crippen LogP contribution in [0.5, 0.6) is 5.75 Å². The van der Waals surface area contributed by atoms with Gasteiger partial charge in [-0.25, -0.2) is 0 Å². The number of benzene rings is 1. The van der Waals surface area contributed by atoms with Crippen molar-refractivity contribution in [2.24, 2.45) is 11.7 Å². The van der Waals surface area contributed by atoms with E-state index in [0.29, 0.717) is 5.92 Å². The van der Waals surface area contributed by atoms with Crippen LogP contribution in [0.2, 0.25) is 0 Å². The summed E-state index contributed by atoms with van der Waals surface area (Å²) in [5, 5.41) is 1.15. The molecule has 1 atom stereocenters. The Morgan fingerprint density at radius 2 is 2.06 bits per heavy atom. The number of rotatable bonds is 3. The fraction of sp³-hybridized carbons (Fsp3) is 0.385. The molecule has 1 aromatic carbocycles. The fourth-order valence-corrected chi connectivity index (χ4v) is 1.88. The Morgan fingerprint density at radius 1 is 1.31 bits per heavy atom. The second kappa shape index (κ2) is 4.18. The van der Waals surface area contributed by atoms with Gasteiger partial charge in [0.05, 0.1) is 7.11 Å². The average molecular weight is 218 g/mol. The van der Waals surface area contributed by atoms with Gasteiger partial charge in [-0.3, -0.25) is 0 Å². The predicted molar refractivity (Wildman–Crippen MR) is 66.6 cm³/mol. The van der Waals surface area contributed by atoms with Crippen LogP contribution in [0.3, 0.4) is 0 Å². The standard InChI is InChI=1S/C13H18N2O/c1-8(2)13(14)11-7-15-12-5-4-9(16-3)6-10(11)12/h4-8,13,15H,14H2,1-3H3. The summed E-state index contributed by atoms with van der Waals surface area (Å²) in [6, 6.07) is 6.05. The van der Waals surface area contributed by atoms with Crippen LogP contribution in [-0.2, 0) is 0 Å². The number of methoxy groups -OCH3 is 1. The number of fused-ring (bicyclic) bond motifs is 1. The molecule has 16 heavy (non-hydrogen) atoms. The number of H-pyrrole nitrogens is 1. The van der Waals surface area contributed by atoms with Crippen LogP contribution in [0.1, 0.15) is 25.5 Å². The zero-order valence-corrected chi connectivity index (χ0v) is 9.95.